The number of halogens is 2. The van der Waals surface area contributed by atoms with E-state index in [1.165, 1.54) is 0 Å². The lowest BCUT2D eigenvalue weighted by Gasteiger charge is -2.06. The number of amides is 1. The molecule has 0 aliphatic heterocycles. The number of nitrogens with zero attached hydrogens (tertiary/aromatic N) is 1. The lowest BCUT2D eigenvalue weighted by Crippen LogP contribution is -2.21. The van der Waals surface area contributed by atoms with Crippen molar-refractivity contribution in [2.75, 3.05) is 17.2 Å². The maximum Gasteiger partial charge on any atom is 0.244 e. The minimum Gasteiger partial charge on any atom is -0.376 e. The highest BCUT2D eigenvalue weighted by Crippen LogP contribution is 2.22. The molecule has 0 unspecified atom stereocenters. The van der Waals surface area contributed by atoms with Crippen LogP contribution in [0.15, 0.2) is 28.8 Å². The van der Waals surface area contributed by atoms with E-state index in [0.717, 1.165) is 0 Å². The molecule has 19 heavy (non-hydrogen) atoms. The van der Waals surface area contributed by atoms with Crippen LogP contribution in [0.4, 0.5) is 11.5 Å². The first-order chi connectivity index (χ1) is 9.02. The predicted molar refractivity (Wildman–Crippen MR) is 74.8 cm³/mol. The predicted octanol–water partition coefficient (Wildman–Crippen LogP) is 3.34. The van der Waals surface area contributed by atoms with Crippen molar-refractivity contribution in [3.05, 3.63) is 40.1 Å². The first-order valence-corrected chi connectivity index (χ1v) is 6.21. The Kier molecular flexibility index (Phi) is 4.29. The van der Waals surface area contributed by atoms with Crippen molar-refractivity contribution >= 4 is 40.6 Å². The van der Waals surface area contributed by atoms with Gasteiger partial charge in [-0.25, -0.2) is 0 Å². The fourth-order valence-electron chi connectivity index (χ4n) is 1.45. The summed E-state index contributed by atoms with van der Waals surface area (Å²) in [6, 6.07) is 6.61. The van der Waals surface area contributed by atoms with Gasteiger partial charge in [-0.3, -0.25) is 4.79 Å². The molecule has 0 bridgehead atoms. The van der Waals surface area contributed by atoms with Crippen molar-refractivity contribution < 1.29 is 9.32 Å². The van der Waals surface area contributed by atoms with Gasteiger partial charge in [0, 0.05) is 21.8 Å². The van der Waals surface area contributed by atoms with E-state index in [0.29, 0.717) is 27.3 Å². The van der Waals surface area contributed by atoms with Gasteiger partial charge in [-0.2, -0.15) is 0 Å². The van der Waals surface area contributed by atoms with Gasteiger partial charge in [0.25, 0.3) is 0 Å². The van der Waals surface area contributed by atoms with Crippen LogP contribution in [0.25, 0.3) is 0 Å². The van der Waals surface area contributed by atoms with Crippen LogP contribution in [0.1, 0.15) is 5.76 Å². The number of carbonyl (C=O) groups excluding carboxylic acids is 1. The SMILES string of the molecule is Cc1cc(NC(=O)CNc2cc(Cl)cc(Cl)c2)no1. The minimum atomic E-state index is -0.246. The molecule has 0 saturated carbocycles. The van der Waals surface area contributed by atoms with Crippen LogP contribution in [0, 0.1) is 6.92 Å². The van der Waals surface area contributed by atoms with Crippen LogP contribution in [-0.2, 0) is 4.79 Å². The van der Waals surface area contributed by atoms with Crippen molar-refractivity contribution in [3.8, 4) is 0 Å². The second-order valence-corrected chi connectivity index (χ2v) is 4.76. The molecule has 0 radical (unpaired) electrons. The molecule has 2 rings (SSSR count). The second-order valence-electron chi connectivity index (χ2n) is 3.88. The van der Waals surface area contributed by atoms with E-state index in [9.17, 15) is 4.79 Å². The Morgan fingerprint density at radius 3 is 2.53 bits per heavy atom. The van der Waals surface area contributed by atoms with Gasteiger partial charge in [0.15, 0.2) is 5.82 Å². The van der Waals surface area contributed by atoms with Crippen LogP contribution >= 0.6 is 23.2 Å². The van der Waals surface area contributed by atoms with Gasteiger partial charge in [0.1, 0.15) is 5.76 Å². The Labute approximate surface area is 119 Å². The van der Waals surface area contributed by atoms with E-state index in [-0.39, 0.29) is 12.5 Å². The normalized spacial score (nSPS) is 10.3. The number of rotatable bonds is 4. The number of hydrogen-bond donors (Lipinski definition) is 2. The molecule has 1 heterocycles. The molecule has 1 aromatic carbocycles. The van der Waals surface area contributed by atoms with Gasteiger partial charge >= 0.3 is 0 Å². The first kappa shape index (κ1) is 13.7. The fourth-order valence-corrected chi connectivity index (χ4v) is 1.98. The Hall–Kier alpha value is -1.72. The molecule has 0 spiro atoms. The van der Waals surface area contributed by atoms with Crippen molar-refractivity contribution in [1.82, 2.24) is 5.16 Å². The molecular formula is C12H11Cl2N3O2. The molecule has 0 aliphatic carbocycles. The van der Waals surface area contributed by atoms with Crippen molar-refractivity contribution in [2.45, 2.75) is 6.92 Å². The summed E-state index contributed by atoms with van der Waals surface area (Å²) in [5.74, 6) is 0.766. The Morgan fingerprint density at radius 2 is 1.95 bits per heavy atom. The summed E-state index contributed by atoms with van der Waals surface area (Å²) in [5.41, 5.74) is 0.670. The number of hydrogen-bond acceptors (Lipinski definition) is 4. The molecular weight excluding hydrogens is 289 g/mol. The summed E-state index contributed by atoms with van der Waals surface area (Å²) in [7, 11) is 0. The van der Waals surface area contributed by atoms with E-state index in [4.69, 9.17) is 27.7 Å². The number of anilines is 2. The molecule has 0 aliphatic rings. The zero-order valence-corrected chi connectivity index (χ0v) is 11.5. The van der Waals surface area contributed by atoms with Crippen LogP contribution in [0.5, 0.6) is 0 Å². The third-order valence-corrected chi connectivity index (χ3v) is 2.65. The summed E-state index contributed by atoms with van der Waals surface area (Å²) in [6.07, 6.45) is 0. The summed E-state index contributed by atoms with van der Waals surface area (Å²) in [5, 5.41) is 10.2. The van der Waals surface area contributed by atoms with Gasteiger partial charge in [-0.1, -0.05) is 28.4 Å². The zero-order valence-electron chi connectivity index (χ0n) is 10.0. The first-order valence-electron chi connectivity index (χ1n) is 5.46. The Bertz CT molecular complexity index is 578. The number of aryl methyl sites for hydroxylation is 1. The average molecular weight is 300 g/mol. The van der Waals surface area contributed by atoms with E-state index < -0.39 is 0 Å². The average Bonchev–Trinajstić information content (AvgIpc) is 2.71. The van der Waals surface area contributed by atoms with Crippen LogP contribution in [0.2, 0.25) is 10.0 Å². The van der Waals surface area contributed by atoms with Crippen LogP contribution < -0.4 is 10.6 Å². The molecule has 7 heteroatoms. The molecule has 0 saturated heterocycles. The van der Waals surface area contributed by atoms with Crippen molar-refractivity contribution in [1.29, 1.82) is 0 Å². The third-order valence-electron chi connectivity index (χ3n) is 2.21. The van der Waals surface area contributed by atoms with Gasteiger partial charge in [-0.15, -0.1) is 0 Å². The summed E-state index contributed by atoms with van der Waals surface area (Å²) >= 11 is 11.7. The van der Waals surface area contributed by atoms with Gasteiger partial charge in [0.05, 0.1) is 6.54 Å². The highest BCUT2D eigenvalue weighted by atomic mass is 35.5. The Morgan fingerprint density at radius 1 is 1.26 bits per heavy atom. The van der Waals surface area contributed by atoms with E-state index in [1.54, 1.807) is 31.2 Å². The molecule has 1 amide bonds. The molecule has 1 aromatic heterocycles. The van der Waals surface area contributed by atoms with E-state index in [1.807, 2.05) is 0 Å². The Balaban J connectivity index is 1.89. The lowest BCUT2D eigenvalue weighted by atomic mass is 10.3. The third kappa shape index (κ3) is 4.15. The van der Waals surface area contributed by atoms with Crippen LogP contribution in [0.3, 0.4) is 0 Å². The number of aromatic nitrogens is 1. The molecule has 5 nitrogen and oxygen atoms in total. The second kappa shape index (κ2) is 5.95. The largest absolute Gasteiger partial charge is 0.376 e. The number of benzene rings is 1. The van der Waals surface area contributed by atoms with Crippen molar-refractivity contribution in [2.24, 2.45) is 0 Å². The quantitative estimate of drug-likeness (QED) is 0.908. The van der Waals surface area contributed by atoms with E-state index in [2.05, 4.69) is 15.8 Å². The standard InChI is InChI=1S/C12H11Cl2N3O2/c1-7-2-11(17-19-7)16-12(18)6-15-10-4-8(13)3-9(14)5-10/h2-5,15H,6H2,1H3,(H,16,17,18). The minimum absolute atomic E-state index is 0.0720. The van der Waals surface area contributed by atoms with Gasteiger partial charge in [0.2, 0.25) is 5.91 Å². The number of carbonyl (C=O) groups is 1. The number of nitrogens with one attached hydrogen (secondary N) is 2. The molecule has 2 N–H and O–H groups in total. The highest BCUT2D eigenvalue weighted by Gasteiger charge is 2.06. The fraction of sp³-hybridized carbons (Fsp3) is 0.167. The summed E-state index contributed by atoms with van der Waals surface area (Å²) in [6.45, 7) is 1.82. The maximum atomic E-state index is 11.6. The molecule has 0 fully saturated rings. The molecule has 100 valence electrons. The summed E-state index contributed by atoms with van der Waals surface area (Å²) in [4.78, 5) is 11.6. The topological polar surface area (TPSA) is 67.2 Å². The van der Waals surface area contributed by atoms with Gasteiger partial charge < -0.3 is 15.2 Å². The van der Waals surface area contributed by atoms with Crippen molar-refractivity contribution in [3.63, 3.8) is 0 Å². The van der Waals surface area contributed by atoms with Gasteiger partial charge in [-0.05, 0) is 25.1 Å². The maximum absolute atomic E-state index is 11.6. The van der Waals surface area contributed by atoms with Crippen LogP contribution in [-0.4, -0.2) is 17.6 Å². The summed E-state index contributed by atoms with van der Waals surface area (Å²) < 4.78 is 4.84. The monoisotopic (exact) mass is 299 g/mol. The highest BCUT2D eigenvalue weighted by molar-refractivity contribution is 6.35. The lowest BCUT2D eigenvalue weighted by molar-refractivity contribution is -0.114. The van der Waals surface area contributed by atoms with E-state index >= 15 is 0 Å². The zero-order chi connectivity index (χ0) is 13.8. The molecule has 2 aromatic rings. The smallest absolute Gasteiger partial charge is 0.244 e. The molecule has 0 atom stereocenters.